The summed E-state index contributed by atoms with van der Waals surface area (Å²) in [6.45, 7) is -1.78. The average Bonchev–Trinajstić information content (AvgIpc) is 2.77. The van der Waals surface area contributed by atoms with Crippen LogP contribution in [0, 0.1) is 0 Å². The van der Waals surface area contributed by atoms with Crippen LogP contribution in [0.1, 0.15) is 26.7 Å². The van der Waals surface area contributed by atoms with Crippen LogP contribution in [-0.2, 0) is 28.0 Å². The van der Waals surface area contributed by atoms with Gasteiger partial charge in [0.25, 0.3) is 5.91 Å². The molecule has 11 nitrogen and oxygen atoms in total. The fraction of sp³-hybridized carbons (Fsp3) is 0.765. The SMILES string of the molecule is CCCCONC(=O)C1=C(F)C(N)N(C[C@@H](C)OCP(=O)(OCC(F)(F)F)OCC(F)(F)F)C(=O)N1. The predicted octanol–water partition coefficient (Wildman–Crippen LogP) is 3.04. The van der Waals surface area contributed by atoms with Gasteiger partial charge in [-0.1, -0.05) is 13.3 Å². The van der Waals surface area contributed by atoms with Crippen molar-refractivity contribution in [2.24, 2.45) is 5.73 Å². The normalized spacial score (nSPS) is 18.3. The van der Waals surface area contributed by atoms with Crippen LogP contribution in [-0.4, -0.2) is 74.2 Å². The number of nitrogens with zero attached hydrogens (tertiary/aromatic N) is 1. The van der Waals surface area contributed by atoms with Gasteiger partial charge in [0.05, 0.1) is 19.3 Å². The summed E-state index contributed by atoms with van der Waals surface area (Å²) in [4.78, 5) is 29.8. The van der Waals surface area contributed by atoms with E-state index in [4.69, 9.17) is 15.3 Å². The Kier molecular flexibility index (Phi) is 12.0. The lowest BCUT2D eigenvalue weighted by Crippen LogP contribution is -2.58. The van der Waals surface area contributed by atoms with Crippen LogP contribution in [0.3, 0.4) is 0 Å². The summed E-state index contributed by atoms with van der Waals surface area (Å²) < 4.78 is 114. The van der Waals surface area contributed by atoms with Gasteiger partial charge in [-0.15, -0.1) is 0 Å². The Labute approximate surface area is 200 Å². The molecule has 0 bridgehead atoms. The number of alkyl halides is 6. The number of rotatable bonds is 14. The van der Waals surface area contributed by atoms with Gasteiger partial charge in [-0.05, 0) is 13.3 Å². The fourth-order valence-corrected chi connectivity index (χ4v) is 3.75. The molecule has 3 amide bonds. The van der Waals surface area contributed by atoms with Crippen molar-refractivity contribution in [3.63, 3.8) is 0 Å². The molecule has 210 valence electrons. The monoisotopic (exact) mass is 562 g/mol. The van der Waals surface area contributed by atoms with Crippen molar-refractivity contribution >= 4 is 19.5 Å². The van der Waals surface area contributed by atoms with Gasteiger partial charge in [0.15, 0.2) is 19.0 Å². The van der Waals surface area contributed by atoms with Crippen LogP contribution < -0.4 is 16.5 Å². The Morgan fingerprint density at radius 1 is 1.19 bits per heavy atom. The molecule has 1 heterocycles. The third-order valence-electron chi connectivity index (χ3n) is 4.14. The molecule has 0 aromatic carbocycles. The largest absolute Gasteiger partial charge is 0.412 e. The van der Waals surface area contributed by atoms with Crippen LogP contribution in [0.2, 0.25) is 0 Å². The number of urea groups is 1. The first-order valence-electron chi connectivity index (χ1n) is 10.3. The number of nitrogens with two attached hydrogens (primary N) is 1. The summed E-state index contributed by atoms with van der Waals surface area (Å²) in [5.74, 6) is -2.40. The zero-order valence-corrected chi connectivity index (χ0v) is 20.0. The summed E-state index contributed by atoms with van der Waals surface area (Å²) in [6.07, 6.45) is -13.1. The Hall–Kier alpha value is -1.98. The van der Waals surface area contributed by atoms with Crippen LogP contribution >= 0.6 is 7.60 Å². The van der Waals surface area contributed by atoms with E-state index >= 15 is 0 Å². The number of hydrogen-bond acceptors (Lipinski definition) is 8. The van der Waals surface area contributed by atoms with Crippen LogP contribution in [0.15, 0.2) is 11.5 Å². The highest BCUT2D eigenvalue weighted by Gasteiger charge is 2.40. The minimum atomic E-state index is -5.06. The molecule has 0 aliphatic carbocycles. The molecule has 0 saturated heterocycles. The minimum absolute atomic E-state index is 0.126. The number of halogens is 7. The van der Waals surface area contributed by atoms with Crippen LogP contribution in [0.4, 0.5) is 35.5 Å². The molecule has 0 spiro atoms. The molecule has 1 aliphatic rings. The molecule has 1 unspecified atom stereocenters. The predicted molar refractivity (Wildman–Crippen MR) is 107 cm³/mol. The maximum atomic E-state index is 14.6. The second kappa shape index (κ2) is 13.5. The maximum Gasteiger partial charge on any atom is 0.412 e. The molecule has 0 saturated carbocycles. The lowest BCUT2D eigenvalue weighted by molar-refractivity contribution is -0.166. The highest BCUT2D eigenvalue weighted by atomic mass is 31.2. The zero-order chi connectivity index (χ0) is 27.7. The van der Waals surface area contributed by atoms with Crippen molar-refractivity contribution in [1.82, 2.24) is 15.7 Å². The zero-order valence-electron chi connectivity index (χ0n) is 19.1. The van der Waals surface area contributed by atoms with Gasteiger partial charge in [-0.25, -0.2) is 14.7 Å². The standard InChI is InChI=1S/C17H26F7N4O7P/c1-3-4-5-33-27-14(29)12-11(18)13(25)28(15(30)26-12)6-10(2)32-9-36(31,34-7-16(19,20)21)35-8-17(22,23)24/h10,13H,3-9,25H2,1-2H3,(H,26,30)(H,27,29)/t10-,13?/m1/s1. The van der Waals surface area contributed by atoms with Crippen molar-refractivity contribution < 1.29 is 63.5 Å². The maximum absolute atomic E-state index is 14.6. The number of hydroxylamine groups is 1. The Bertz CT molecular complexity index is 819. The van der Waals surface area contributed by atoms with Crippen LogP contribution in [0.5, 0.6) is 0 Å². The van der Waals surface area contributed by atoms with E-state index in [2.05, 4.69) is 9.05 Å². The highest BCUT2D eigenvalue weighted by Crippen LogP contribution is 2.50. The summed E-state index contributed by atoms with van der Waals surface area (Å²) in [5, 5.41) is 1.95. The summed E-state index contributed by atoms with van der Waals surface area (Å²) in [5.41, 5.74) is 6.75. The van der Waals surface area contributed by atoms with E-state index < -0.39 is 81.8 Å². The van der Waals surface area contributed by atoms with E-state index in [9.17, 15) is 44.9 Å². The van der Waals surface area contributed by atoms with Crippen molar-refractivity contribution in [1.29, 1.82) is 0 Å². The van der Waals surface area contributed by atoms with Crippen LogP contribution in [0.25, 0.3) is 0 Å². The van der Waals surface area contributed by atoms with E-state index in [1.165, 1.54) is 6.92 Å². The lowest BCUT2D eigenvalue weighted by atomic mass is 10.2. The van der Waals surface area contributed by atoms with Gasteiger partial charge in [-0.3, -0.25) is 28.1 Å². The molecule has 19 heteroatoms. The number of hydrogen-bond donors (Lipinski definition) is 3. The molecule has 1 aliphatic heterocycles. The second-order valence-electron chi connectivity index (χ2n) is 7.38. The van der Waals surface area contributed by atoms with E-state index in [1.807, 2.05) is 17.7 Å². The molecular formula is C17H26F7N4O7P. The molecular weight excluding hydrogens is 536 g/mol. The molecule has 36 heavy (non-hydrogen) atoms. The first-order valence-corrected chi connectivity index (χ1v) is 12.0. The van der Waals surface area contributed by atoms with Crippen molar-refractivity contribution in [3.8, 4) is 0 Å². The number of nitrogens with one attached hydrogen (secondary N) is 2. The quantitative estimate of drug-likeness (QED) is 0.127. The van der Waals surface area contributed by atoms with Crippen molar-refractivity contribution in [3.05, 3.63) is 11.5 Å². The number of carbonyl (C=O) groups is 2. The fourth-order valence-electron chi connectivity index (χ4n) is 2.40. The van der Waals surface area contributed by atoms with Crippen molar-refractivity contribution in [2.75, 3.05) is 32.7 Å². The Morgan fingerprint density at radius 3 is 2.25 bits per heavy atom. The molecule has 0 fully saturated rings. The van der Waals surface area contributed by atoms with Crippen molar-refractivity contribution in [2.45, 2.75) is 51.3 Å². The van der Waals surface area contributed by atoms with Gasteiger partial charge in [0.1, 0.15) is 18.2 Å². The van der Waals surface area contributed by atoms with E-state index in [0.717, 1.165) is 6.42 Å². The molecule has 1 rings (SSSR count). The molecule has 0 aromatic heterocycles. The average molecular weight is 562 g/mol. The van der Waals surface area contributed by atoms with Gasteiger partial charge >= 0.3 is 26.0 Å². The highest BCUT2D eigenvalue weighted by molar-refractivity contribution is 7.53. The lowest BCUT2D eigenvalue weighted by Gasteiger charge is -2.34. The number of amides is 3. The molecule has 2 atom stereocenters. The van der Waals surface area contributed by atoms with E-state index in [1.54, 1.807) is 0 Å². The summed E-state index contributed by atoms with van der Waals surface area (Å²) >= 11 is 0. The number of unbranched alkanes of at least 4 members (excludes halogenated alkanes) is 1. The summed E-state index contributed by atoms with van der Waals surface area (Å²) in [7, 11) is -5.06. The van der Waals surface area contributed by atoms with Gasteiger partial charge in [-0.2, -0.15) is 26.3 Å². The number of ether oxygens (including phenoxy) is 1. The summed E-state index contributed by atoms with van der Waals surface area (Å²) in [6, 6.07) is -1.08. The van der Waals surface area contributed by atoms with E-state index in [0.29, 0.717) is 11.3 Å². The van der Waals surface area contributed by atoms with Gasteiger partial charge in [0, 0.05) is 0 Å². The minimum Gasteiger partial charge on any atom is -0.364 e. The second-order valence-corrected chi connectivity index (χ2v) is 9.37. The first kappa shape index (κ1) is 32.0. The third kappa shape index (κ3) is 11.4. The van der Waals surface area contributed by atoms with Gasteiger partial charge in [0.2, 0.25) is 0 Å². The smallest absolute Gasteiger partial charge is 0.364 e. The topological polar surface area (TPSA) is 141 Å². The number of carbonyl (C=O) groups excluding carboxylic acids is 2. The van der Waals surface area contributed by atoms with Gasteiger partial charge < -0.3 is 15.8 Å². The third-order valence-corrected chi connectivity index (χ3v) is 5.65. The Morgan fingerprint density at radius 2 is 1.75 bits per heavy atom. The molecule has 0 aromatic rings. The molecule has 0 radical (unpaired) electrons. The van der Waals surface area contributed by atoms with E-state index in [-0.39, 0.29) is 6.61 Å². The Balaban J connectivity index is 2.79. The first-order chi connectivity index (χ1) is 16.5. The molecule has 4 N–H and O–H groups in total.